The molecule has 2 fully saturated rings. The van der Waals surface area contributed by atoms with Crippen molar-refractivity contribution in [2.24, 2.45) is 0 Å². The first-order chi connectivity index (χ1) is 17.4. The third-order valence-corrected chi connectivity index (χ3v) is 7.48. The molecule has 4 rings (SSSR count). The number of halogens is 2. The van der Waals surface area contributed by atoms with E-state index in [0.717, 1.165) is 68.7 Å². The van der Waals surface area contributed by atoms with Gasteiger partial charge >= 0.3 is 6.03 Å². The van der Waals surface area contributed by atoms with E-state index in [9.17, 15) is 13.6 Å². The molecule has 6 nitrogen and oxygen atoms in total. The predicted octanol–water partition coefficient (Wildman–Crippen LogP) is 5.86. The van der Waals surface area contributed by atoms with Crippen molar-refractivity contribution in [3.05, 3.63) is 53.6 Å². The lowest BCUT2D eigenvalue weighted by Gasteiger charge is -2.45. The number of likely N-dealkylation sites (tertiary alicyclic amines) is 1. The largest absolute Gasteiger partial charge is 0.490 e. The number of rotatable bonds is 9. The fraction of sp³-hybridized carbons (Fsp3) is 0.536. The Labute approximate surface area is 212 Å². The van der Waals surface area contributed by atoms with Gasteiger partial charge in [0, 0.05) is 29.3 Å². The number of amides is 2. The van der Waals surface area contributed by atoms with Gasteiger partial charge in [-0.3, -0.25) is 0 Å². The van der Waals surface area contributed by atoms with Crippen LogP contribution in [0.25, 0.3) is 0 Å². The Balaban J connectivity index is 1.48. The van der Waals surface area contributed by atoms with Crippen LogP contribution in [0.5, 0.6) is 11.5 Å². The van der Waals surface area contributed by atoms with Gasteiger partial charge in [-0.1, -0.05) is 19.9 Å². The highest BCUT2D eigenvalue weighted by Crippen LogP contribution is 2.50. The number of nitrogens with zero attached hydrogens (tertiary/aromatic N) is 1. The second-order valence-electron chi connectivity index (χ2n) is 9.96. The zero-order chi connectivity index (χ0) is 25.7. The molecule has 36 heavy (non-hydrogen) atoms. The van der Waals surface area contributed by atoms with Crippen molar-refractivity contribution in [3.8, 4) is 11.5 Å². The molecular weight excluding hydrogens is 464 g/mol. The van der Waals surface area contributed by atoms with E-state index in [4.69, 9.17) is 9.47 Å². The number of carbonyl (C=O) groups is 1. The van der Waals surface area contributed by atoms with Crippen molar-refractivity contribution in [2.75, 3.05) is 32.1 Å². The highest BCUT2D eigenvalue weighted by molar-refractivity contribution is 5.89. The van der Waals surface area contributed by atoms with Gasteiger partial charge in [-0.2, -0.15) is 0 Å². The van der Waals surface area contributed by atoms with Gasteiger partial charge in [-0.25, -0.2) is 13.6 Å². The summed E-state index contributed by atoms with van der Waals surface area (Å²) in [5, 5.41) is 5.66. The van der Waals surface area contributed by atoms with Crippen LogP contribution in [0.4, 0.5) is 19.3 Å². The van der Waals surface area contributed by atoms with Gasteiger partial charge in [-0.05, 0) is 81.9 Å². The van der Waals surface area contributed by atoms with E-state index in [-0.39, 0.29) is 23.2 Å². The molecule has 1 saturated heterocycles. The smallest absolute Gasteiger partial charge is 0.319 e. The number of hydrogen-bond donors (Lipinski definition) is 2. The molecule has 1 aliphatic carbocycles. The average molecular weight is 502 g/mol. The second kappa shape index (κ2) is 11.5. The maximum Gasteiger partial charge on any atom is 0.319 e. The average Bonchev–Trinajstić information content (AvgIpc) is 3.20. The van der Waals surface area contributed by atoms with Crippen LogP contribution in [0, 0.1) is 11.6 Å². The highest BCUT2D eigenvalue weighted by atomic mass is 19.2. The van der Waals surface area contributed by atoms with Crippen molar-refractivity contribution < 1.29 is 23.0 Å². The molecule has 0 radical (unpaired) electrons. The zero-order valence-corrected chi connectivity index (χ0v) is 21.4. The van der Waals surface area contributed by atoms with Gasteiger partial charge in [0.25, 0.3) is 0 Å². The van der Waals surface area contributed by atoms with Crippen LogP contribution in [0.15, 0.2) is 36.4 Å². The van der Waals surface area contributed by atoms with E-state index in [0.29, 0.717) is 13.2 Å². The molecule has 1 saturated carbocycles. The number of hydrogen-bond acceptors (Lipinski definition) is 4. The van der Waals surface area contributed by atoms with E-state index in [1.54, 1.807) is 0 Å². The standard InChI is InChI=1S/C28H37F2N3O3/c1-4-14-35-24-9-6-19(16-25(24)36-15-5-2)28-11-10-21(18-26(28)33(3)13-12-28)32-27(34)31-20-7-8-22(29)23(30)17-20/h6-9,16-17,21,26H,4-5,10-15,18H2,1-3H3,(H2,31,32,34)/t21-,26+,28-/m0/s1. The molecule has 2 amide bonds. The van der Waals surface area contributed by atoms with Gasteiger partial charge in [-0.15, -0.1) is 0 Å². The van der Waals surface area contributed by atoms with Crippen LogP contribution in [0.3, 0.4) is 0 Å². The van der Waals surface area contributed by atoms with Crippen molar-refractivity contribution >= 4 is 11.7 Å². The summed E-state index contributed by atoms with van der Waals surface area (Å²) >= 11 is 0. The van der Waals surface area contributed by atoms with E-state index in [1.165, 1.54) is 11.6 Å². The summed E-state index contributed by atoms with van der Waals surface area (Å²) < 4.78 is 38.7. The second-order valence-corrected chi connectivity index (χ2v) is 9.96. The van der Waals surface area contributed by atoms with Crippen molar-refractivity contribution in [1.29, 1.82) is 0 Å². The van der Waals surface area contributed by atoms with Crippen LogP contribution in [0.1, 0.15) is 57.9 Å². The minimum atomic E-state index is -0.990. The van der Waals surface area contributed by atoms with Gasteiger partial charge in [0.15, 0.2) is 23.1 Å². The van der Waals surface area contributed by atoms with Crippen LogP contribution in [-0.2, 0) is 5.41 Å². The first-order valence-electron chi connectivity index (χ1n) is 13.0. The number of ether oxygens (including phenoxy) is 2. The summed E-state index contributed by atoms with van der Waals surface area (Å²) in [5.41, 5.74) is 1.47. The fourth-order valence-corrected chi connectivity index (χ4v) is 5.65. The van der Waals surface area contributed by atoms with Crippen LogP contribution in [0.2, 0.25) is 0 Å². The van der Waals surface area contributed by atoms with E-state index in [1.807, 2.05) is 6.07 Å². The number of anilines is 1. The minimum absolute atomic E-state index is 0.0167. The molecule has 2 aromatic rings. The van der Waals surface area contributed by atoms with Crippen molar-refractivity contribution in [1.82, 2.24) is 10.2 Å². The molecule has 196 valence electrons. The Bertz CT molecular complexity index is 1070. The number of fused-ring (bicyclic) bond motifs is 1. The molecule has 0 unspecified atom stereocenters. The maximum absolute atomic E-state index is 13.5. The lowest BCUT2D eigenvalue weighted by molar-refractivity contribution is 0.155. The van der Waals surface area contributed by atoms with E-state index >= 15 is 0 Å². The Morgan fingerprint density at radius 2 is 1.78 bits per heavy atom. The maximum atomic E-state index is 13.5. The monoisotopic (exact) mass is 501 g/mol. The molecule has 0 spiro atoms. The number of urea groups is 1. The third-order valence-electron chi connectivity index (χ3n) is 7.48. The predicted molar refractivity (Wildman–Crippen MR) is 137 cm³/mol. The highest BCUT2D eigenvalue weighted by Gasteiger charge is 2.50. The molecule has 2 aliphatic rings. The van der Waals surface area contributed by atoms with Gasteiger partial charge in [0.1, 0.15) is 0 Å². The Morgan fingerprint density at radius 3 is 2.50 bits per heavy atom. The summed E-state index contributed by atoms with van der Waals surface area (Å²) in [6.45, 7) is 6.45. The summed E-state index contributed by atoms with van der Waals surface area (Å²) in [7, 11) is 2.14. The number of benzene rings is 2. The van der Waals surface area contributed by atoms with Gasteiger partial charge in [0.05, 0.1) is 13.2 Å². The third kappa shape index (κ3) is 5.59. The molecule has 2 aromatic carbocycles. The molecule has 0 bridgehead atoms. The number of likely N-dealkylation sites (N-methyl/N-ethyl adjacent to an activating group) is 1. The lowest BCUT2D eigenvalue weighted by Crippen LogP contribution is -2.52. The molecule has 1 heterocycles. The normalized spacial score (nSPS) is 23.7. The van der Waals surface area contributed by atoms with Gasteiger partial charge < -0.3 is 25.0 Å². The Hall–Kier alpha value is -2.87. The minimum Gasteiger partial charge on any atom is -0.490 e. The molecular formula is C28H37F2N3O3. The van der Waals surface area contributed by atoms with E-state index in [2.05, 4.69) is 48.6 Å². The first-order valence-corrected chi connectivity index (χ1v) is 13.0. The zero-order valence-electron chi connectivity index (χ0n) is 21.4. The molecule has 0 aromatic heterocycles. The van der Waals surface area contributed by atoms with Gasteiger partial charge in [0.2, 0.25) is 0 Å². The topological polar surface area (TPSA) is 62.8 Å². The Kier molecular flexibility index (Phi) is 8.34. The molecule has 3 atom stereocenters. The van der Waals surface area contributed by atoms with Crippen LogP contribution in [-0.4, -0.2) is 49.8 Å². The van der Waals surface area contributed by atoms with Crippen molar-refractivity contribution in [2.45, 2.75) is 69.9 Å². The quantitative estimate of drug-likeness (QED) is 0.452. The van der Waals surface area contributed by atoms with Crippen molar-refractivity contribution in [3.63, 3.8) is 0 Å². The molecule has 8 heteroatoms. The summed E-state index contributed by atoms with van der Waals surface area (Å²) in [5.74, 6) is -0.340. The van der Waals surface area contributed by atoms with E-state index < -0.39 is 17.7 Å². The lowest BCUT2D eigenvalue weighted by atomic mass is 9.65. The first kappa shape index (κ1) is 26.2. The SMILES string of the molecule is CCCOc1ccc([C@@]23CC[C@H](NC(=O)Nc4ccc(F)c(F)c4)C[C@H]2N(C)CC3)cc1OCCC. The molecule has 1 aliphatic heterocycles. The van der Waals surface area contributed by atoms with Crippen LogP contribution < -0.4 is 20.1 Å². The summed E-state index contributed by atoms with van der Waals surface area (Å²) in [6.07, 6.45) is 5.47. The number of carbonyl (C=O) groups excluding carboxylic acids is 1. The summed E-state index contributed by atoms with van der Waals surface area (Å²) in [4.78, 5) is 15.0. The summed E-state index contributed by atoms with van der Waals surface area (Å²) in [6, 6.07) is 9.56. The fourth-order valence-electron chi connectivity index (χ4n) is 5.65. The number of nitrogens with one attached hydrogen (secondary N) is 2. The van der Waals surface area contributed by atoms with Crippen LogP contribution >= 0.6 is 0 Å². The Morgan fingerprint density at radius 1 is 1.03 bits per heavy atom. The molecule has 2 N–H and O–H groups in total.